The number of unbranched alkanes of at least 4 members (excludes halogenated alkanes) is 3. The van der Waals surface area contributed by atoms with Crippen molar-refractivity contribution in [2.24, 2.45) is 0 Å². The monoisotopic (exact) mass is 442 g/mol. The number of halogens is 5. The van der Waals surface area contributed by atoms with Crippen molar-refractivity contribution >= 4 is 21.5 Å². The summed E-state index contributed by atoms with van der Waals surface area (Å²) in [6, 6.07) is 15.4. The Labute approximate surface area is 183 Å². The smallest absolute Gasteiger partial charge is 0.206 e. The molecule has 5 heteroatoms. The van der Waals surface area contributed by atoms with Crippen LogP contribution in [0.4, 0.5) is 22.0 Å². The zero-order valence-electron chi connectivity index (χ0n) is 17.7. The van der Waals surface area contributed by atoms with E-state index < -0.39 is 23.4 Å². The van der Waals surface area contributed by atoms with Crippen molar-refractivity contribution < 1.29 is 22.0 Å². The van der Waals surface area contributed by atoms with Gasteiger partial charge in [-0.05, 0) is 52.3 Å². The van der Waals surface area contributed by atoms with Crippen LogP contribution in [0.2, 0.25) is 0 Å². The molecule has 32 heavy (non-hydrogen) atoms. The Morgan fingerprint density at radius 1 is 0.719 bits per heavy atom. The van der Waals surface area contributed by atoms with Gasteiger partial charge in [-0.3, -0.25) is 0 Å². The van der Waals surface area contributed by atoms with Gasteiger partial charge in [0.1, 0.15) is 11.6 Å². The van der Waals surface area contributed by atoms with Gasteiger partial charge in [-0.1, -0.05) is 74.7 Å². The second-order valence-electron chi connectivity index (χ2n) is 8.15. The van der Waals surface area contributed by atoms with E-state index in [4.69, 9.17) is 0 Å². The third-order valence-corrected chi connectivity index (χ3v) is 5.92. The van der Waals surface area contributed by atoms with Gasteiger partial charge in [0.05, 0.1) is 5.56 Å². The minimum Gasteiger partial charge on any atom is -0.206 e. The van der Waals surface area contributed by atoms with E-state index in [1.54, 1.807) is 12.1 Å². The highest BCUT2D eigenvalue weighted by Gasteiger charge is 2.34. The molecule has 4 aromatic carbocycles. The summed E-state index contributed by atoms with van der Waals surface area (Å²) < 4.78 is 67.8. The largest absolute Gasteiger partial charge is 0.419 e. The Bertz CT molecular complexity index is 1270. The highest BCUT2D eigenvalue weighted by Crippen LogP contribution is 2.36. The van der Waals surface area contributed by atoms with E-state index in [9.17, 15) is 17.6 Å². The summed E-state index contributed by atoms with van der Waals surface area (Å²) >= 11 is 0. The first-order valence-electron chi connectivity index (χ1n) is 10.8. The highest BCUT2D eigenvalue weighted by molar-refractivity contribution is 6.08. The SMILES string of the molecule is CCCCCCc1ccc2c(ccc3c(F)c(-c4ccc(C(F)(F)F)c(F)c4)ccc32)c1. The summed E-state index contributed by atoms with van der Waals surface area (Å²) in [5.74, 6) is -1.99. The zero-order valence-corrected chi connectivity index (χ0v) is 17.7. The third kappa shape index (κ3) is 4.34. The van der Waals surface area contributed by atoms with E-state index >= 15 is 4.39 Å². The standard InChI is InChI=1S/C27H23F5/c1-2-3-4-5-6-17-7-10-20-18(15-17)8-11-23-22(20)13-12-21(26(23)29)19-9-14-24(25(28)16-19)27(30,31)32/h7-16H,2-6H2,1H3. The van der Waals surface area contributed by atoms with Crippen molar-refractivity contribution in [2.45, 2.75) is 45.2 Å². The van der Waals surface area contributed by atoms with Crippen LogP contribution >= 0.6 is 0 Å². The minimum atomic E-state index is -4.79. The topological polar surface area (TPSA) is 0 Å². The first-order chi connectivity index (χ1) is 15.3. The van der Waals surface area contributed by atoms with Gasteiger partial charge in [0.15, 0.2) is 0 Å². The van der Waals surface area contributed by atoms with Gasteiger partial charge < -0.3 is 0 Å². The van der Waals surface area contributed by atoms with Gasteiger partial charge in [0, 0.05) is 10.9 Å². The molecule has 0 bridgehead atoms. The number of alkyl halides is 3. The molecule has 0 nitrogen and oxygen atoms in total. The molecule has 0 aliphatic heterocycles. The Balaban J connectivity index is 1.71. The Morgan fingerprint density at radius 2 is 1.47 bits per heavy atom. The normalized spacial score (nSPS) is 12.1. The zero-order chi connectivity index (χ0) is 22.9. The van der Waals surface area contributed by atoms with E-state index in [0.717, 1.165) is 35.7 Å². The van der Waals surface area contributed by atoms with E-state index in [1.807, 2.05) is 12.1 Å². The molecule has 0 atom stereocenters. The van der Waals surface area contributed by atoms with Crippen LogP contribution in [-0.4, -0.2) is 0 Å². The molecule has 0 saturated carbocycles. The summed E-state index contributed by atoms with van der Waals surface area (Å²) in [5.41, 5.74) is 0.0126. The number of hydrogen-bond acceptors (Lipinski definition) is 0. The van der Waals surface area contributed by atoms with Crippen molar-refractivity contribution in [2.75, 3.05) is 0 Å². The molecule has 0 aliphatic rings. The molecule has 0 unspecified atom stereocenters. The molecular formula is C27H23F5. The lowest BCUT2D eigenvalue weighted by Gasteiger charge is -2.12. The molecule has 0 fully saturated rings. The van der Waals surface area contributed by atoms with Gasteiger partial charge >= 0.3 is 6.18 Å². The van der Waals surface area contributed by atoms with Gasteiger partial charge in [-0.2, -0.15) is 13.2 Å². The maximum Gasteiger partial charge on any atom is 0.419 e. The number of aryl methyl sites for hydroxylation is 1. The fraction of sp³-hybridized carbons (Fsp3) is 0.259. The molecule has 0 heterocycles. The maximum atomic E-state index is 15.3. The molecule has 0 saturated heterocycles. The summed E-state index contributed by atoms with van der Waals surface area (Å²) in [6.07, 6.45) is 0.956. The third-order valence-electron chi connectivity index (χ3n) is 5.92. The van der Waals surface area contributed by atoms with Crippen molar-refractivity contribution in [1.82, 2.24) is 0 Å². The molecule has 0 N–H and O–H groups in total. The lowest BCUT2D eigenvalue weighted by atomic mass is 9.94. The Morgan fingerprint density at radius 3 is 2.19 bits per heavy atom. The molecule has 4 rings (SSSR count). The fourth-order valence-corrected chi connectivity index (χ4v) is 4.21. The van der Waals surface area contributed by atoms with Crippen LogP contribution in [-0.2, 0) is 12.6 Å². The molecule has 0 spiro atoms. The van der Waals surface area contributed by atoms with Gasteiger partial charge in [-0.25, -0.2) is 8.78 Å². The quantitative estimate of drug-likeness (QED) is 0.159. The van der Waals surface area contributed by atoms with Gasteiger partial charge in [0.2, 0.25) is 0 Å². The number of fused-ring (bicyclic) bond motifs is 3. The number of benzene rings is 4. The van der Waals surface area contributed by atoms with Crippen molar-refractivity contribution in [3.05, 3.63) is 83.4 Å². The summed E-state index contributed by atoms with van der Waals surface area (Å²) in [4.78, 5) is 0. The molecular weight excluding hydrogens is 419 g/mol. The average molecular weight is 442 g/mol. The molecule has 0 amide bonds. The van der Waals surface area contributed by atoms with E-state index in [-0.39, 0.29) is 11.1 Å². The highest BCUT2D eigenvalue weighted by atomic mass is 19.4. The first-order valence-corrected chi connectivity index (χ1v) is 10.8. The fourth-order valence-electron chi connectivity index (χ4n) is 4.21. The number of rotatable bonds is 6. The minimum absolute atomic E-state index is 0.0667. The Hall–Kier alpha value is -2.95. The van der Waals surface area contributed by atoms with Crippen LogP contribution in [0.25, 0.3) is 32.7 Å². The van der Waals surface area contributed by atoms with E-state index in [1.165, 1.54) is 30.9 Å². The predicted molar refractivity (Wildman–Crippen MR) is 120 cm³/mol. The summed E-state index contributed by atoms with van der Waals surface area (Å²) in [6.45, 7) is 2.18. The first kappa shape index (κ1) is 22.3. The number of hydrogen-bond donors (Lipinski definition) is 0. The second kappa shape index (κ2) is 8.89. The van der Waals surface area contributed by atoms with Crippen molar-refractivity contribution in [3.8, 4) is 11.1 Å². The lowest BCUT2D eigenvalue weighted by Crippen LogP contribution is -2.07. The average Bonchev–Trinajstić information content (AvgIpc) is 2.75. The predicted octanol–water partition coefficient (Wildman–Crippen LogP) is 9.08. The van der Waals surface area contributed by atoms with Crippen LogP contribution < -0.4 is 0 Å². The Kier molecular flexibility index (Phi) is 6.18. The van der Waals surface area contributed by atoms with Crippen LogP contribution in [0, 0.1) is 11.6 Å². The summed E-state index contributed by atoms with van der Waals surface area (Å²) in [5, 5.41) is 2.99. The van der Waals surface area contributed by atoms with E-state index in [0.29, 0.717) is 16.8 Å². The van der Waals surface area contributed by atoms with Crippen LogP contribution in [0.5, 0.6) is 0 Å². The molecule has 166 valence electrons. The molecule has 0 aliphatic carbocycles. The van der Waals surface area contributed by atoms with Crippen LogP contribution in [0.15, 0.2) is 60.7 Å². The maximum absolute atomic E-state index is 15.3. The van der Waals surface area contributed by atoms with Crippen molar-refractivity contribution in [3.63, 3.8) is 0 Å². The van der Waals surface area contributed by atoms with Crippen LogP contribution in [0.1, 0.15) is 43.7 Å². The van der Waals surface area contributed by atoms with Crippen molar-refractivity contribution in [1.29, 1.82) is 0 Å². The van der Waals surface area contributed by atoms with Gasteiger partial charge in [0.25, 0.3) is 0 Å². The van der Waals surface area contributed by atoms with Gasteiger partial charge in [-0.15, -0.1) is 0 Å². The summed E-state index contributed by atoms with van der Waals surface area (Å²) in [7, 11) is 0. The lowest BCUT2D eigenvalue weighted by molar-refractivity contribution is -0.139. The van der Waals surface area contributed by atoms with Crippen LogP contribution in [0.3, 0.4) is 0 Å². The second-order valence-corrected chi connectivity index (χ2v) is 8.15. The molecule has 0 radical (unpaired) electrons. The molecule has 4 aromatic rings. The molecule has 0 aromatic heterocycles. The van der Waals surface area contributed by atoms with E-state index in [2.05, 4.69) is 19.1 Å².